The molecule has 1 aromatic rings. The highest BCUT2D eigenvalue weighted by molar-refractivity contribution is 6.32. The number of nitrogens with zero attached hydrogens (tertiary/aromatic N) is 2. The van der Waals surface area contributed by atoms with Crippen molar-refractivity contribution in [3.05, 3.63) is 21.6 Å². The van der Waals surface area contributed by atoms with Gasteiger partial charge in [0.15, 0.2) is 0 Å². The number of carbonyl (C=O) groups is 1. The Morgan fingerprint density at radius 2 is 2.00 bits per heavy atom. The molecule has 0 bridgehead atoms. The Morgan fingerprint density at radius 1 is 1.37 bits per heavy atom. The van der Waals surface area contributed by atoms with Gasteiger partial charge in [-0.05, 0) is 43.4 Å². The molecular weight excluding hydrogens is 364 g/mol. The number of hydrogen-bond donors (Lipinski definition) is 2. The quantitative estimate of drug-likeness (QED) is 0.798. The van der Waals surface area contributed by atoms with E-state index in [4.69, 9.17) is 11.6 Å². The average Bonchev–Trinajstić information content (AvgIpc) is 2.57. The van der Waals surface area contributed by atoms with Gasteiger partial charge in [0, 0.05) is 12.1 Å². The van der Waals surface area contributed by atoms with Crippen LogP contribution in [0.4, 0.5) is 5.69 Å². The van der Waals surface area contributed by atoms with Gasteiger partial charge in [-0.3, -0.25) is 9.59 Å². The molecule has 2 rings (SSSR count). The van der Waals surface area contributed by atoms with Crippen LogP contribution in [0.25, 0.3) is 0 Å². The van der Waals surface area contributed by atoms with E-state index >= 15 is 0 Å². The van der Waals surface area contributed by atoms with Gasteiger partial charge in [-0.15, -0.1) is 0 Å². The molecule has 152 valence electrons. The molecule has 4 atom stereocenters. The zero-order chi connectivity index (χ0) is 20.5. The Morgan fingerprint density at radius 3 is 2.59 bits per heavy atom. The number of rotatable bonds is 5. The maximum Gasteiger partial charge on any atom is 0.288 e. The van der Waals surface area contributed by atoms with Gasteiger partial charge in [-0.25, -0.2) is 4.68 Å². The number of aromatic nitrogens is 2. The second kappa shape index (κ2) is 8.21. The first kappa shape index (κ1) is 21.7. The predicted molar refractivity (Wildman–Crippen MR) is 110 cm³/mol. The summed E-state index contributed by atoms with van der Waals surface area (Å²) in [6.45, 7) is 15.1. The Labute approximate surface area is 167 Å². The number of nitrogens with one attached hydrogen (secondary N) is 2. The van der Waals surface area contributed by atoms with E-state index in [0.717, 1.165) is 11.1 Å². The molecule has 2 N–H and O–H groups in total. The third-order valence-corrected chi connectivity index (χ3v) is 6.91. The van der Waals surface area contributed by atoms with Gasteiger partial charge in [0.05, 0.1) is 11.9 Å². The van der Waals surface area contributed by atoms with Crippen LogP contribution in [-0.4, -0.2) is 27.8 Å². The summed E-state index contributed by atoms with van der Waals surface area (Å²) < 4.78 is 1.10. The van der Waals surface area contributed by atoms with E-state index in [1.165, 1.54) is 0 Å². The average molecular weight is 397 g/mol. The summed E-state index contributed by atoms with van der Waals surface area (Å²) in [4.78, 5) is 24.4. The number of anilines is 1. The Kier molecular flexibility index (Phi) is 6.61. The number of amides is 1. The van der Waals surface area contributed by atoms with Gasteiger partial charge < -0.3 is 10.6 Å². The fraction of sp³-hybridized carbons (Fsp3) is 0.750. The van der Waals surface area contributed by atoms with Crippen LogP contribution in [0.15, 0.2) is 11.0 Å². The molecule has 27 heavy (non-hydrogen) atoms. The van der Waals surface area contributed by atoms with Crippen molar-refractivity contribution < 1.29 is 4.79 Å². The summed E-state index contributed by atoms with van der Waals surface area (Å²) in [6.07, 6.45) is 2.56. The van der Waals surface area contributed by atoms with E-state index < -0.39 is 5.56 Å². The lowest BCUT2D eigenvalue weighted by molar-refractivity contribution is -0.122. The van der Waals surface area contributed by atoms with Crippen molar-refractivity contribution in [2.24, 2.45) is 23.2 Å². The maximum absolute atomic E-state index is 12.5. The molecule has 1 fully saturated rings. The number of halogens is 1. The fourth-order valence-corrected chi connectivity index (χ4v) is 4.15. The molecule has 1 aliphatic carbocycles. The SMILES string of the molecule is CC(C)NC(=O)Cn1ncc(N[C@@H]2C[C@H](C)C(C)(C)[C@H](C)[C@H]2C)c(Cl)c1=O. The summed E-state index contributed by atoms with van der Waals surface area (Å²) in [7, 11) is 0. The van der Waals surface area contributed by atoms with Gasteiger partial charge in [0.1, 0.15) is 11.6 Å². The summed E-state index contributed by atoms with van der Waals surface area (Å²) in [5, 5.41) is 10.4. The minimum Gasteiger partial charge on any atom is -0.379 e. The minimum absolute atomic E-state index is 0.00522. The van der Waals surface area contributed by atoms with Crippen LogP contribution in [0.1, 0.15) is 54.9 Å². The molecule has 0 aliphatic heterocycles. The van der Waals surface area contributed by atoms with Crippen molar-refractivity contribution in [2.45, 2.75) is 73.5 Å². The molecule has 1 heterocycles. The first-order valence-corrected chi connectivity index (χ1v) is 10.1. The van der Waals surface area contributed by atoms with Crippen LogP contribution < -0.4 is 16.2 Å². The summed E-state index contributed by atoms with van der Waals surface area (Å²) in [6, 6.07) is 0.229. The van der Waals surface area contributed by atoms with E-state index in [0.29, 0.717) is 23.4 Å². The highest BCUT2D eigenvalue weighted by Gasteiger charge is 2.43. The van der Waals surface area contributed by atoms with Gasteiger partial charge in [0.25, 0.3) is 5.56 Å². The van der Waals surface area contributed by atoms with Crippen LogP contribution >= 0.6 is 11.6 Å². The second-order valence-electron chi connectivity index (χ2n) is 8.91. The van der Waals surface area contributed by atoms with Crippen molar-refractivity contribution in [1.29, 1.82) is 0 Å². The lowest BCUT2D eigenvalue weighted by atomic mass is 9.58. The summed E-state index contributed by atoms with van der Waals surface area (Å²) in [5.41, 5.74) is 0.357. The zero-order valence-corrected chi connectivity index (χ0v) is 18.2. The van der Waals surface area contributed by atoms with Gasteiger partial charge >= 0.3 is 0 Å². The molecule has 6 nitrogen and oxygen atoms in total. The zero-order valence-electron chi connectivity index (χ0n) is 17.5. The fourth-order valence-electron chi connectivity index (χ4n) is 3.95. The molecule has 1 saturated carbocycles. The molecule has 0 saturated heterocycles. The van der Waals surface area contributed by atoms with Crippen LogP contribution in [0.3, 0.4) is 0 Å². The number of carbonyl (C=O) groups excluding carboxylic acids is 1. The van der Waals surface area contributed by atoms with Crippen LogP contribution in [0.5, 0.6) is 0 Å². The molecule has 0 unspecified atom stereocenters. The van der Waals surface area contributed by atoms with Crippen molar-refractivity contribution in [3.8, 4) is 0 Å². The smallest absolute Gasteiger partial charge is 0.288 e. The monoisotopic (exact) mass is 396 g/mol. The first-order valence-electron chi connectivity index (χ1n) is 9.76. The van der Waals surface area contributed by atoms with E-state index in [1.54, 1.807) is 6.20 Å². The molecule has 0 radical (unpaired) electrons. The maximum atomic E-state index is 12.5. The van der Waals surface area contributed by atoms with Crippen LogP contribution in [0.2, 0.25) is 5.02 Å². The first-order chi connectivity index (χ1) is 12.4. The minimum atomic E-state index is -0.453. The largest absolute Gasteiger partial charge is 0.379 e. The van der Waals surface area contributed by atoms with Crippen molar-refractivity contribution in [3.63, 3.8) is 0 Å². The Hall–Kier alpha value is -1.56. The molecular formula is C20H33ClN4O2. The molecule has 0 spiro atoms. The van der Waals surface area contributed by atoms with Gasteiger partial charge in [0.2, 0.25) is 5.91 Å². The predicted octanol–water partition coefficient (Wildman–Crippen LogP) is 3.54. The third kappa shape index (κ3) is 4.65. The third-order valence-electron chi connectivity index (χ3n) is 6.54. The van der Waals surface area contributed by atoms with Gasteiger partial charge in [-0.1, -0.05) is 46.2 Å². The van der Waals surface area contributed by atoms with E-state index in [9.17, 15) is 9.59 Å². The van der Waals surface area contributed by atoms with E-state index in [2.05, 4.69) is 50.4 Å². The van der Waals surface area contributed by atoms with Crippen molar-refractivity contribution in [2.75, 3.05) is 5.32 Å². The normalized spacial score (nSPS) is 27.4. The summed E-state index contributed by atoms with van der Waals surface area (Å²) >= 11 is 6.32. The Bertz CT molecular complexity index is 744. The highest BCUT2D eigenvalue weighted by Crippen LogP contribution is 2.48. The lowest BCUT2D eigenvalue weighted by Gasteiger charge is -2.50. The van der Waals surface area contributed by atoms with Crippen LogP contribution in [-0.2, 0) is 11.3 Å². The molecule has 1 aliphatic rings. The van der Waals surface area contributed by atoms with Crippen molar-refractivity contribution in [1.82, 2.24) is 15.1 Å². The molecule has 7 heteroatoms. The van der Waals surface area contributed by atoms with E-state index in [-0.39, 0.29) is 35.0 Å². The Balaban J connectivity index is 2.17. The molecule has 1 amide bonds. The molecule has 1 aromatic heterocycles. The molecule has 0 aromatic carbocycles. The summed E-state index contributed by atoms with van der Waals surface area (Å²) in [5.74, 6) is 1.26. The standard InChI is InChI=1S/C20H33ClN4O2/c1-11(2)23-17(26)10-25-19(27)18(21)16(9-22-25)24-15-8-12(3)20(6,7)14(5)13(15)4/h9,11-15,24H,8,10H2,1-7H3,(H,23,26)/t12-,13+,14+,15+/m0/s1. The van der Waals surface area contributed by atoms with Gasteiger partial charge in [-0.2, -0.15) is 5.10 Å². The topological polar surface area (TPSA) is 76.0 Å². The second-order valence-corrected chi connectivity index (χ2v) is 9.29. The van der Waals surface area contributed by atoms with Crippen LogP contribution in [0, 0.1) is 23.2 Å². The van der Waals surface area contributed by atoms with Crippen molar-refractivity contribution >= 4 is 23.2 Å². The lowest BCUT2D eigenvalue weighted by Crippen LogP contribution is -2.48. The van der Waals surface area contributed by atoms with E-state index in [1.807, 2.05) is 13.8 Å². The highest BCUT2D eigenvalue weighted by atomic mass is 35.5. The number of hydrogen-bond acceptors (Lipinski definition) is 4.